The molecule has 0 aromatic carbocycles. The average Bonchev–Trinajstić information content (AvgIpc) is 2.07. The summed E-state index contributed by atoms with van der Waals surface area (Å²) >= 11 is 0. The molecule has 2 nitrogen and oxygen atoms in total. The van der Waals surface area contributed by atoms with Crippen molar-refractivity contribution in [1.29, 1.82) is 5.26 Å². The highest BCUT2D eigenvalue weighted by atomic mass is 16.1. The lowest BCUT2D eigenvalue weighted by Crippen LogP contribution is -2.59. The molecule has 0 bridgehead atoms. The summed E-state index contributed by atoms with van der Waals surface area (Å²) in [5.74, 6) is 0.383. The highest BCUT2D eigenvalue weighted by Crippen LogP contribution is 2.64. The summed E-state index contributed by atoms with van der Waals surface area (Å²) in [4.78, 5) is 11.6. The zero-order valence-electron chi connectivity index (χ0n) is 8.26. The van der Waals surface area contributed by atoms with Gasteiger partial charge >= 0.3 is 0 Å². The number of nitriles is 1. The van der Waals surface area contributed by atoms with Gasteiger partial charge in [-0.05, 0) is 24.7 Å². The fourth-order valence-corrected chi connectivity index (χ4v) is 3.11. The predicted molar refractivity (Wildman–Crippen MR) is 48.8 cm³/mol. The van der Waals surface area contributed by atoms with Gasteiger partial charge in [0.05, 0.1) is 11.5 Å². The Morgan fingerprint density at radius 3 is 2.69 bits per heavy atom. The van der Waals surface area contributed by atoms with Crippen molar-refractivity contribution in [2.45, 2.75) is 39.5 Å². The first kappa shape index (κ1) is 8.74. The summed E-state index contributed by atoms with van der Waals surface area (Å²) in [5.41, 5.74) is -0.259. The van der Waals surface area contributed by atoms with Gasteiger partial charge in [-0.1, -0.05) is 13.8 Å². The van der Waals surface area contributed by atoms with E-state index in [1.807, 2.05) is 0 Å². The highest BCUT2D eigenvalue weighted by Gasteiger charge is 2.64. The Labute approximate surface area is 78.9 Å². The first-order valence-electron chi connectivity index (χ1n) is 4.97. The molecule has 0 aromatic rings. The molecule has 2 aliphatic rings. The molecule has 0 saturated heterocycles. The Balaban J connectivity index is 2.35. The molecule has 2 saturated carbocycles. The summed E-state index contributed by atoms with van der Waals surface area (Å²) in [6.07, 6.45) is 3.45. The van der Waals surface area contributed by atoms with Crippen LogP contribution < -0.4 is 0 Å². The molecule has 0 aromatic heterocycles. The maximum absolute atomic E-state index is 11.6. The van der Waals surface area contributed by atoms with Crippen molar-refractivity contribution in [3.05, 3.63) is 0 Å². The molecule has 0 spiro atoms. The molecule has 2 fully saturated rings. The number of Topliss-reactive ketones (excluding diaryl/α,β-unsaturated/α-hetero) is 1. The Hall–Kier alpha value is -0.840. The van der Waals surface area contributed by atoms with Gasteiger partial charge in [-0.3, -0.25) is 4.79 Å². The second-order valence-corrected chi connectivity index (χ2v) is 5.04. The third-order valence-corrected chi connectivity index (χ3v) is 4.10. The Morgan fingerprint density at radius 1 is 1.54 bits per heavy atom. The topological polar surface area (TPSA) is 40.9 Å². The summed E-state index contributed by atoms with van der Waals surface area (Å²) in [5, 5.41) is 9.22. The number of nitrogens with zero attached hydrogens (tertiary/aromatic N) is 1. The number of carbonyl (C=O) groups is 1. The van der Waals surface area contributed by atoms with E-state index in [0.717, 1.165) is 19.3 Å². The minimum absolute atomic E-state index is 0.0567. The molecule has 2 rings (SSSR count). The van der Waals surface area contributed by atoms with Crippen LogP contribution in [0.25, 0.3) is 0 Å². The average molecular weight is 177 g/mol. The molecule has 2 atom stereocenters. The number of hydrogen-bond acceptors (Lipinski definition) is 2. The van der Waals surface area contributed by atoms with E-state index in [1.54, 1.807) is 0 Å². The quantitative estimate of drug-likeness (QED) is 0.569. The number of fused-ring (bicyclic) bond motifs is 1. The van der Waals surface area contributed by atoms with Crippen LogP contribution in [-0.2, 0) is 4.79 Å². The summed E-state index contributed by atoms with van der Waals surface area (Å²) in [7, 11) is 0. The monoisotopic (exact) mass is 177 g/mol. The van der Waals surface area contributed by atoms with Gasteiger partial charge in [0, 0.05) is 12.3 Å². The summed E-state index contributed by atoms with van der Waals surface area (Å²) < 4.78 is 0. The van der Waals surface area contributed by atoms with Crippen molar-refractivity contribution < 1.29 is 4.79 Å². The van der Waals surface area contributed by atoms with Crippen molar-refractivity contribution in [2.24, 2.45) is 16.7 Å². The SMILES string of the molecule is CC1(C)CC2C(=O)CCCC21C#N. The largest absolute Gasteiger partial charge is 0.299 e. The van der Waals surface area contributed by atoms with Crippen LogP contribution in [0.1, 0.15) is 39.5 Å². The molecular formula is C11H15NO. The molecule has 2 aliphatic carbocycles. The molecule has 2 unspecified atom stereocenters. The van der Waals surface area contributed by atoms with E-state index in [0.29, 0.717) is 12.2 Å². The second kappa shape index (κ2) is 2.35. The lowest BCUT2D eigenvalue weighted by molar-refractivity contribution is -0.154. The van der Waals surface area contributed by atoms with Gasteiger partial charge in [-0.25, -0.2) is 0 Å². The van der Waals surface area contributed by atoms with Crippen LogP contribution in [0.3, 0.4) is 0 Å². The number of carbonyl (C=O) groups excluding carboxylic acids is 1. The molecule has 0 radical (unpaired) electrons. The van der Waals surface area contributed by atoms with Crippen LogP contribution in [0, 0.1) is 28.1 Å². The van der Waals surface area contributed by atoms with Crippen LogP contribution in [0.15, 0.2) is 0 Å². The van der Waals surface area contributed by atoms with Gasteiger partial charge < -0.3 is 0 Å². The van der Waals surface area contributed by atoms with Crippen LogP contribution in [0.4, 0.5) is 0 Å². The Bertz CT molecular complexity index is 300. The van der Waals surface area contributed by atoms with Crippen molar-refractivity contribution in [1.82, 2.24) is 0 Å². The van der Waals surface area contributed by atoms with Crippen molar-refractivity contribution in [2.75, 3.05) is 0 Å². The van der Waals surface area contributed by atoms with E-state index in [-0.39, 0.29) is 16.7 Å². The van der Waals surface area contributed by atoms with E-state index in [9.17, 15) is 10.1 Å². The van der Waals surface area contributed by atoms with Crippen LogP contribution in [0.5, 0.6) is 0 Å². The van der Waals surface area contributed by atoms with Gasteiger partial charge in [0.2, 0.25) is 0 Å². The van der Waals surface area contributed by atoms with Crippen molar-refractivity contribution in [3.63, 3.8) is 0 Å². The molecule has 2 heteroatoms. The Kier molecular flexibility index (Phi) is 1.58. The molecule has 0 aliphatic heterocycles. The maximum Gasteiger partial charge on any atom is 0.137 e. The summed E-state index contributed by atoms with van der Waals surface area (Å²) in [6, 6.07) is 2.42. The van der Waals surface area contributed by atoms with Crippen LogP contribution in [0.2, 0.25) is 0 Å². The molecule has 70 valence electrons. The number of hydrogen-bond donors (Lipinski definition) is 0. The van der Waals surface area contributed by atoms with E-state index in [2.05, 4.69) is 19.9 Å². The molecular weight excluding hydrogens is 162 g/mol. The van der Waals surface area contributed by atoms with Crippen molar-refractivity contribution >= 4 is 5.78 Å². The molecule has 0 heterocycles. The van der Waals surface area contributed by atoms with Gasteiger partial charge in [0.1, 0.15) is 5.78 Å². The minimum Gasteiger partial charge on any atom is -0.299 e. The van der Waals surface area contributed by atoms with Gasteiger partial charge in [0.25, 0.3) is 0 Å². The van der Waals surface area contributed by atoms with Crippen molar-refractivity contribution in [3.8, 4) is 6.07 Å². The van der Waals surface area contributed by atoms with E-state index in [4.69, 9.17) is 0 Å². The zero-order chi connectivity index (χ0) is 9.69. The standard InChI is InChI=1S/C11H15NO/c1-10(2)6-8-9(13)4-3-5-11(8,10)7-12/h8H,3-6H2,1-2H3. The van der Waals surface area contributed by atoms with Crippen LogP contribution >= 0.6 is 0 Å². The molecule has 13 heavy (non-hydrogen) atoms. The fourth-order valence-electron chi connectivity index (χ4n) is 3.11. The minimum atomic E-state index is -0.317. The van der Waals surface area contributed by atoms with E-state index in [1.165, 1.54) is 0 Å². The smallest absolute Gasteiger partial charge is 0.137 e. The Morgan fingerprint density at radius 2 is 2.23 bits per heavy atom. The zero-order valence-corrected chi connectivity index (χ0v) is 8.26. The predicted octanol–water partition coefficient (Wildman–Crippen LogP) is 2.30. The fraction of sp³-hybridized carbons (Fsp3) is 0.818. The molecule has 0 N–H and O–H groups in total. The van der Waals surface area contributed by atoms with Crippen LogP contribution in [-0.4, -0.2) is 5.78 Å². The maximum atomic E-state index is 11.6. The second-order valence-electron chi connectivity index (χ2n) is 5.04. The number of ketones is 1. The third-order valence-electron chi connectivity index (χ3n) is 4.10. The lowest BCUT2D eigenvalue weighted by Gasteiger charge is -2.59. The highest BCUT2D eigenvalue weighted by molar-refractivity contribution is 5.84. The van der Waals surface area contributed by atoms with Gasteiger partial charge in [-0.2, -0.15) is 5.26 Å². The van der Waals surface area contributed by atoms with Gasteiger partial charge in [-0.15, -0.1) is 0 Å². The lowest BCUT2D eigenvalue weighted by atomic mass is 9.41. The first-order valence-corrected chi connectivity index (χ1v) is 4.97. The molecule has 0 amide bonds. The summed E-state index contributed by atoms with van der Waals surface area (Å²) in [6.45, 7) is 4.23. The first-order chi connectivity index (χ1) is 6.03. The third kappa shape index (κ3) is 0.852. The van der Waals surface area contributed by atoms with E-state index >= 15 is 0 Å². The van der Waals surface area contributed by atoms with Gasteiger partial charge in [0.15, 0.2) is 0 Å². The van der Waals surface area contributed by atoms with E-state index < -0.39 is 0 Å². The normalized spacial score (nSPS) is 41.6. The number of rotatable bonds is 0.